The minimum Gasteiger partial charge on any atom is -0.424 e. The third-order valence-corrected chi connectivity index (χ3v) is 6.84. The monoisotopic (exact) mass is 398 g/mol. The molecule has 4 rings (SSSR count). The quantitative estimate of drug-likeness (QED) is 0.461. The van der Waals surface area contributed by atoms with E-state index in [0.717, 1.165) is 23.5 Å². The van der Waals surface area contributed by atoms with Crippen molar-refractivity contribution in [3.05, 3.63) is 46.4 Å². The zero-order valence-corrected chi connectivity index (χ0v) is 17.4. The van der Waals surface area contributed by atoms with E-state index in [4.69, 9.17) is 9.40 Å². The van der Waals surface area contributed by atoms with Gasteiger partial charge in [0.05, 0.1) is 16.7 Å². The number of para-hydroxylation sites is 1. The van der Waals surface area contributed by atoms with Crippen LogP contribution in [0.15, 0.2) is 38.6 Å². The van der Waals surface area contributed by atoms with E-state index in [2.05, 4.69) is 24.0 Å². The van der Waals surface area contributed by atoms with Crippen molar-refractivity contribution >= 4 is 22.7 Å². The van der Waals surface area contributed by atoms with Crippen LogP contribution in [0.25, 0.3) is 10.9 Å². The molecule has 1 saturated carbocycles. The second kappa shape index (κ2) is 8.07. The van der Waals surface area contributed by atoms with Gasteiger partial charge in [0.2, 0.25) is 11.8 Å². The second-order valence-corrected chi connectivity index (χ2v) is 8.60. The normalized spacial score (nSPS) is 22.6. The molecule has 0 saturated heterocycles. The highest BCUT2D eigenvalue weighted by Gasteiger charge is 2.31. The molecule has 0 aliphatic heterocycles. The molecule has 1 aromatic carbocycles. The summed E-state index contributed by atoms with van der Waals surface area (Å²) < 4.78 is 7.57. The third kappa shape index (κ3) is 3.60. The predicted octanol–water partition coefficient (Wildman–Crippen LogP) is 4.63. The molecule has 6 nitrogen and oxygen atoms in total. The molecule has 0 radical (unpaired) electrons. The highest BCUT2D eigenvalue weighted by atomic mass is 32.2. The van der Waals surface area contributed by atoms with Gasteiger partial charge in [-0.15, -0.1) is 10.2 Å². The van der Waals surface area contributed by atoms with Gasteiger partial charge in [-0.25, -0.2) is 4.98 Å². The molecule has 1 aliphatic carbocycles. The van der Waals surface area contributed by atoms with Crippen molar-refractivity contribution in [3.63, 3.8) is 0 Å². The second-order valence-electron chi connectivity index (χ2n) is 7.65. The molecule has 3 atom stereocenters. The van der Waals surface area contributed by atoms with Crippen LogP contribution in [0.4, 0.5) is 0 Å². The van der Waals surface area contributed by atoms with E-state index < -0.39 is 0 Å². The van der Waals surface area contributed by atoms with Gasteiger partial charge in [-0.1, -0.05) is 57.5 Å². The van der Waals surface area contributed by atoms with Crippen LogP contribution in [0, 0.1) is 11.8 Å². The SMILES string of the molecule is CCc1nnc(CSc2nc3ccccc3c(=O)n2C2CCCC(C)C2C)o1. The summed E-state index contributed by atoms with van der Waals surface area (Å²) in [7, 11) is 0. The number of nitrogens with zero attached hydrogens (tertiary/aromatic N) is 4. The van der Waals surface area contributed by atoms with Crippen LogP contribution in [0.3, 0.4) is 0 Å². The molecule has 1 aliphatic rings. The average molecular weight is 399 g/mol. The smallest absolute Gasteiger partial charge is 0.262 e. The van der Waals surface area contributed by atoms with E-state index in [1.165, 1.54) is 18.2 Å². The maximum absolute atomic E-state index is 13.4. The van der Waals surface area contributed by atoms with Crippen LogP contribution < -0.4 is 5.56 Å². The lowest BCUT2D eigenvalue weighted by Gasteiger charge is -2.36. The summed E-state index contributed by atoms with van der Waals surface area (Å²) in [6.07, 6.45) is 4.09. The van der Waals surface area contributed by atoms with Crippen LogP contribution in [0.1, 0.15) is 57.9 Å². The predicted molar refractivity (Wildman–Crippen MR) is 110 cm³/mol. The summed E-state index contributed by atoms with van der Waals surface area (Å²) in [5.41, 5.74) is 0.793. The van der Waals surface area contributed by atoms with Gasteiger partial charge in [-0.05, 0) is 30.4 Å². The fourth-order valence-electron chi connectivity index (χ4n) is 4.05. The first-order valence-corrected chi connectivity index (χ1v) is 11.0. The van der Waals surface area contributed by atoms with Gasteiger partial charge in [0.1, 0.15) is 0 Å². The number of hydrogen-bond acceptors (Lipinski definition) is 6. The topological polar surface area (TPSA) is 73.8 Å². The number of thioether (sulfide) groups is 1. The highest BCUT2D eigenvalue weighted by molar-refractivity contribution is 7.98. The molecule has 2 heterocycles. The molecule has 1 fully saturated rings. The Kier molecular flexibility index (Phi) is 5.53. The molecule has 7 heteroatoms. The third-order valence-electron chi connectivity index (χ3n) is 5.91. The Balaban J connectivity index is 1.75. The van der Waals surface area contributed by atoms with Crippen LogP contribution in [0.5, 0.6) is 0 Å². The van der Waals surface area contributed by atoms with Crippen molar-refractivity contribution in [3.8, 4) is 0 Å². The first-order chi connectivity index (χ1) is 13.6. The number of aromatic nitrogens is 4. The average Bonchev–Trinajstić information content (AvgIpc) is 3.17. The Morgan fingerprint density at radius 2 is 1.96 bits per heavy atom. The fraction of sp³-hybridized carbons (Fsp3) is 0.524. The standard InChI is InChI=1S/C21H26N4O2S/c1-4-18-23-24-19(27-18)12-28-21-22-16-10-6-5-9-15(16)20(26)25(21)17-11-7-8-13(2)14(17)3/h5-6,9-10,13-14,17H,4,7-8,11-12H2,1-3H3. The fourth-order valence-corrected chi connectivity index (χ4v) is 4.94. The molecule has 3 unspecified atom stereocenters. The summed E-state index contributed by atoms with van der Waals surface area (Å²) in [5.74, 6) is 2.74. The minimum atomic E-state index is 0.0545. The first kappa shape index (κ1) is 19.2. The van der Waals surface area contributed by atoms with Crippen molar-refractivity contribution in [2.45, 2.75) is 63.4 Å². The highest BCUT2D eigenvalue weighted by Crippen LogP contribution is 2.39. The Labute approximate surface area is 168 Å². The van der Waals surface area contributed by atoms with Gasteiger partial charge in [0, 0.05) is 12.5 Å². The van der Waals surface area contributed by atoms with Gasteiger partial charge < -0.3 is 4.42 Å². The van der Waals surface area contributed by atoms with Gasteiger partial charge >= 0.3 is 0 Å². The van der Waals surface area contributed by atoms with E-state index in [-0.39, 0.29) is 11.6 Å². The summed E-state index contributed by atoms with van der Waals surface area (Å²) in [4.78, 5) is 18.3. The summed E-state index contributed by atoms with van der Waals surface area (Å²) in [6, 6.07) is 7.77. The molecular weight excluding hydrogens is 372 g/mol. The van der Waals surface area contributed by atoms with Gasteiger partial charge in [-0.3, -0.25) is 9.36 Å². The number of rotatable bonds is 5. The first-order valence-electron chi connectivity index (χ1n) is 10.0. The van der Waals surface area contributed by atoms with Crippen molar-refractivity contribution < 1.29 is 4.42 Å². The van der Waals surface area contributed by atoms with Gasteiger partial charge in [0.15, 0.2) is 5.16 Å². The largest absolute Gasteiger partial charge is 0.424 e. The Morgan fingerprint density at radius 3 is 2.75 bits per heavy atom. The molecule has 28 heavy (non-hydrogen) atoms. The van der Waals surface area contributed by atoms with Crippen LogP contribution in [-0.4, -0.2) is 19.7 Å². The summed E-state index contributed by atoms with van der Waals surface area (Å²) in [6.45, 7) is 6.53. The van der Waals surface area contributed by atoms with E-state index >= 15 is 0 Å². The summed E-state index contributed by atoms with van der Waals surface area (Å²) >= 11 is 1.51. The lowest BCUT2D eigenvalue weighted by Crippen LogP contribution is -2.35. The Hall–Kier alpha value is -2.15. The molecular formula is C21H26N4O2S. The van der Waals surface area contributed by atoms with Gasteiger partial charge in [0.25, 0.3) is 5.56 Å². The van der Waals surface area contributed by atoms with Crippen LogP contribution in [0.2, 0.25) is 0 Å². The Bertz CT molecular complexity index is 1030. The lowest BCUT2D eigenvalue weighted by atomic mass is 9.78. The number of fused-ring (bicyclic) bond motifs is 1. The van der Waals surface area contributed by atoms with Crippen molar-refractivity contribution in [1.29, 1.82) is 0 Å². The zero-order chi connectivity index (χ0) is 19.7. The molecule has 148 valence electrons. The van der Waals surface area contributed by atoms with Crippen molar-refractivity contribution in [1.82, 2.24) is 19.7 Å². The summed E-state index contributed by atoms with van der Waals surface area (Å²) in [5, 5.41) is 9.56. The number of aryl methyl sites for hydroxylation is 1. The van der Waals surface area contributed by atoms with Crippen LogP contribution in [-0.2, 0) is 12.2 Å². The van der Waals surface area contributed by atoms with E-state index in [9.17, 15) is 4.79 Å². The van der Waals surface area contributed by atoms with Crippen molar-refractivity contribution in [2.24, 2.45) is 11.8 Å². The van der Waals surface area contributed by atoms with E-state index in [1.807, 2.05) is 35.8 Å². The van der Waals surface area contributed by atoms with E-state index in [1.54, 1.807) is 0 Å². The van der Waals surface area contributed by atoms with E-state index in [0.29, 0.717) is 41.2 Å². The molecule has 0 spiro atoms. The molecule has 0 N–H and O–H groups in total. The molecule has 0 bridgehead atoms. The van der Waals surface area contributed by atoms with Gasteiger partial charge in [-0.2, -0.15) is 0 Å². The zero-order valence-electron chi connectivity index (χ0n) is 16.6. The van der Waals surface area contributed by atoms with Crippen LogP contribution >= 0.6 is 11.8 Å². The van der Waals surface area contributed by atoms with Crippen molar-refractivity contribution in [2.75, 3.05) is 0 Å². The maximum atomic E-state index is 13.4. The minimum absolute atomic E-state index is 0.0545. The number of benzene rings is 1. The molecule has 2 aromatic heterocycles. The lowest BCUT2D eigenvalue weighted by molar-refractivity contribution is 0.173. The molecule has 0 amide bonds. The number of hydrogen-bond donors (Lipinski definition) is 0. The maximum Gasteiger partial charge on any atom is 0.262 e. The molecule has 3 aromatic rings. The Morgan fingerprint density at radius 1 is 1.18 bits per heavy atom.